The number of rotatable bonds is 6. The number of hydrogen-bond acceptors (Lipinski definition) is 4. The minimum atomic E-state index is 0.266. The largest absolute Gasteiger partial charge is 0.497 e. The Hall–Kier alpha value is -1.39. The molecule has 0 saturated heterocycles. The van der Waals surface area contributed by atoms with E-state index in [0.29, 0.717) is 0 Å². The van der Waals surface area contributed by atoms with Gasteiger partial charge in [0, 0.05) is 5.38 Å². The zero-order valence-corrected chi connectivity index (χ0v) is 12.5. The molecule has 0 aliphatic heterocycles. The van der Waals surface area contributed by atoms with Crippen molar-refractivity contribution in [1.82, 2.24) is 10.3 Å². The van der Waals surface area contributed by atoms with Crippen LogP contribution in [0.2, 0.25) is 0 Å². The van der Waals surface area contributed by atoms with E-state index in [4.69, 9.17) is 4.74 Å². The highest BCUT2D eigenvalue weighted by Crippen LogP contribution is 2.22. The molecule has 4 heteroatoms. The molecule has 2 aromatic rings. The molecular weight excluding hydrogens is 256 g/mol. The van der Waals surface area contributed by atoms with E-state index in [1.54, 1.807) is 18.4 Å². The Labute approximate surface area is 118 Å². The lowest BCUT2D eigenvalue weighted by molar-refractivity contribution is 0.413. The summed E-state index contributed by atoms with van der Waals surface area (Å²) in [7, 11) is 1.70. The quantitative estimate of drug-likeness (QED) is 0.878. The van der Waals surface area contributed by atoms with Gasteiger partial charge in [-0.3, -0.25) is 0 Å². The fourth-order valence-corrected chi connectivity index (χ4v) is 2.77. The predicted octanol–water partition coefficient (Wildman–Crippen LogP) is 3.35. The van der Waals surface area contributed by atoms with Gasteiger partial charge >= 0.3 is 0 Å². The zero-order valence-electron chi connectivity index (χ0n) is 11.6. The molecule has 102 valence electrons. The van der Waals surface area contributed by atoms with Gasteiger partial charge in [-0.25, -0.2) is 4.98 Å². The van der Waals surface area contributed by atoms with Crippen LogP contribution in [-0.2, 0) is 6.42 Å². The fourth-order valence-electron chi connectivity index (χ4n) is 2.10. The zero-order chi connectivity index (χ0) is 13.7. The number of methoxy groups -OCH3 is 1. The van der Waals surface area contributed by atoms with Gasteiger partial charge in [0.1, 0.15) is 5.75 Å². The van der Waals surface area contributed by atoms with Gasteiger partial charge in [0.2, 0.25) is 0 Å². The third-order valence-corrected chi connectivity index (χ3v) is 3.81. The van der Waals surface area contributed by atoms with Gasteiger partial charge in [-0.05, 0) is 37.6 Å². The summed E-state index contributed by atoms with van der Waals surface area (Å²) in [6, 6.07) is 8.49. The summed E-state index contributed by atoms with van der Waals surface area (Å²) in [5, 5.41) is 6.76. The number of nitrogens with zero attached hydrogens (tertiary/aromatic N) is 1. The molecule has 1 aromatic carbocycles. The van der Waals surface area contributed by atoms with Crippen LogP contribution in [0, 0.1) is 6.92 Å². The van der Waals surface area contributed by atoms with Crippen molar-refractivity contribution in [3.05, 3.63) is 45.9 Å². The number of nitrogens with one attached hydrogen (secondary N) is 1. The van der Waals surface area contributed by atoms with Gasteiger partial charge in [0.25, 0.3) is 0 Å². The summed E-state index contributed by atoms with van der Waals surface area (Å²) >= 11 is 1.70. The molecule has 1 aromatic heterocycles. The lowest BCUT2D eigenvalue weighted by atomic mass is 10.0. The number of aryl methyl sites for hydroxylation is 1. The van der Waals surface area contributed by atoms with Crippen LogP contribution in [0.4, 0.5) is 0 Å². The van der Waals surface area contributed by atoms with Crippen molar-refractivity contribution in [2.75, 3.05) is 13.7 Å². The maximum absolute atomic E-state index is 5.27. The molecule has 0 saturated carbocycles. The van der Waals surface area contributed by atoms with Crippen molar-refractivity contribution in [2.24, 2.45) is 0 Å². The normalized spacial score (nSPS) is 12.4. The molecule has 1 atom stereocenters. The number of ether oxygens (including phenoxy) is 1. The van der Waals surface area contributed by atoms with E-state index in [1.807, 2.05) is 19.1 Å². The first-order chi connectivity index (χ1) is 9.22. The molecule has 0 amide bonds. The molecular formula is C15H20N2OS. The molecule has 0 radical (unpaired) electrons. The van der Waals surface area contributed by atoms with Crippen molar-refractivity contribution < 1.29 is 4.74 Å². The van der Waals surface area contributed by atoms with Gasteiger partial charge in [-0.2, -0.15) is 0 Å². The molecule has 2 rings (SSSR count). The van der Waals surface area contributed by atoms with E-state index in [9.17, 15) is 0 Å². The molecule has 0 bridgehead atoms. The molecule has 3 nitrogen and oxygen atoms in total. The Morgan fingerprint density at radius 2 is 2.26 bits per heavy atom. The van der Waals surface area contributed by atoms with Gasteiger partial charge in [0.05, 0.1) is 23.9 Å². The second-order valence-electron chi connectivity index (χ2n) is 4.46. The monoisotopic (exact) mass is 276 g/mol. The van der Waals surface area contributed by atoms with Crippen LogP contribution in [0.5, 0.6) is 5.75 Å². The molecule has 0 aliphatic carbocycles. The maximum Gasteiger partial charge on any atom is 0.119 e. The van der Waals surface area contributed by atoms with E-state index >= 15 is 0 Å². The second-order valence-corrected chi connectivity index (χ2v) is 5.52. The average Bonchev–Trinajstić information content (AvgIpc) is 2.85. The number of likely N-dealkylation sites (N-methyl/N-ethyl adjacent to an activating group) is 1. The fraction of sp³-hybridized carbons (Fsp3) is 0.400. The van der Waals surface area contributed by atoms with E-state index in [0.717, 1.165) is 29.4 Å². The van der Waals surface area contributed by atoms with Crippen molar-refractivity contribution >= 4 is 11.3 Å². The standard InChI is InChI=1S/C15H20N2OS/c1-4-16-14(15-10-19-11(2)17-15)9-12-6-5-7-13(8-12)18-3/h5-8,10,14,16H,4,9H2,1-3H3. The smallest absolute Gasteiger partial charge is 0.119 e. The molecule has 0 aliphatic rings. The predicted molar refractivity (Wildman–Crippen MR) is 80.0 cm³/mol. The van der Waals surface area contributed by atoms with Crippen molar-refractivity contribution in [3.8, 4) is 5.75 Å². The van der Waals surface area contributed by atoms with Crippen LogP contribution in [0.1, 0.15) is 29.2 Å². The Morgan fingerprint density at radius 1 is 1.42 bits per heavy atom. The third-order valence-electron chi connectivity index (χ3n) is 3.02. The van der Waals surface area contributed by atoms with Gasteiger partial charge in [-0.1, -0.05) is 19.1 Å². The Kier molecular flexibility index (Phi) is 4.93. The molecule has 0 spiro atoms. The van der Waals surface area contributed by atoms with E-state index in [1.165, 1.54) is 5.56 Å². The molecule has 0 fully saturated rings. The summed E-state index contributed by atoms with van der Waals surface area (Å²) in [5.74, 6) is 0.905. The summed E-state index contributed by atoms with van der Waals surface area (Å²) in [6.07, 6.45) is 0.925. The Balaban J connectivity index is 2.16. The Morgan fingerprint density at radius 3 is 2.89 bits per heavy atom. The van der Waals surface area contributed by atoms with Crippen molar-refractivity contribution in [2.45, 2.75) is 26.3 Å². The lowest BCUT2D eigenvalue weighted by Crippen LogP contribution is -2.23. The topological polar surface area (TPSA) is 34.1 Å². The van der Waals surface area contributed by atoms with Crippen LogP contribution in [0.3, 0.4) is 0 Å². The molecule has 1 heterocycles. The minimum absolute atomic E-state index is 0.266. The molecule has 19 heavy (non-hydrogen) atoms. The van der Waals surface area contributed by atoms with Crippen LogP contribution < -0.4 is 10.1 Å². The van der Waals surface area contributed by atoms with Gasteiger partial charge in [-0.15, -0.1) is 11.3 Å². The summed E-state index contributed by atoms with van der Waals surface area (Å²) < 4.78 is 5.27. The first kappa shape index (κ1) is 14.0. The first-order valence-corrected chi connectivity index (χ1v) is 7.39. The van der Waals surface area contributed by atoms with Crippen molar-refractivity contribution in [3.63, 3.8) is 0 Å². The third kappa shape index (κ3) is 3.78. The average molecular weight is 276 g/mol. The van der Waals surface area contributed by atoms with Crippen LogP contribution in [-0.4, -0.2) is 18.6 Å². The number of benzene rings is 1. The van der Waals surface area contributed by atoms with Crippen LogP contribution in [0.25, 0.3) is 0 Å². The maximum atomic E-state index is 5.27. The van der Waals surface area contributed by atoms with Crippen LogP contribution >= 0.6 is 11.3 Å². The van der Waals surface area contributed by atoms with Gasteiger partial charge < -0.3 is 10.1 Å². The molecule has 1 N–H and O–H groups in total. The highest BCUT2D eigenvalue weighted by Gasteiger charge is 2.14. The lowest BCUT2D eigenvalue weighted by Gasteiger charge is -2.16. The first-order valence-electron chi connectivity index (χ1n) is 6.51. The van der Waals surface area contributed by atoms with E-state index < -0.39 is 0 Å². The highest BCUT2D eigenvalue weighted by atomic mass is 32.1. The minimum Gasteiger partial charge on any atom is -0.497 e. The number of aromatic nitrogens is 1. The summed E-state index contributed by atoms with van der Waals surface area (Å²) in [4.78, 5) is 4.59. The van der Waals surface area contributed by atoms with Crippen LogP contribution in [0.15, 0.2) is 29.6 Å². The van der Waals surface area contributed by atoms with Gasteiger partial charge in [0.15, 0.2) is 0 Å². The highest BCUT2D eigenvalue weighted by molar-refractivity contribution is 7.09. The summed E-state index contributed by atoms with van der Waals surface area (Å²) in [5.41, 5.74) is 2.39. The summed E-state index contributed by atoms with van der Waals surface area (Å²) in [6.45, 7) is 5.10. The SMILES string of the molecule is CCNC(Cc1cccc(OC)c1)c1csc(C)n1. The van der Waals surface area contributed by atoms with Crippen molar-refractivity contribution in [1.29, 1.82) is 0 Å². The van der Waals surface area contributed by atoms with E-state index in [-0.39, 0.29) is 6.04 Å². The Bertz CT molecular complexity index is 524. The molecule has 1 unspecified atom stereocenters. The van der Waals surface area contributed by atoms with E-state index in [2.05, 4.69) is 34.7 Å². The number of thiazole rings is 1. The number of hydrogen-bond donors (Lipinski definition) is 1. The second kappa shape index (κ2) is 6.68.